The van der Waals surface area contributed by atoms with Crippen LogP contribution in [0.1, 0.15) is 18.5 Å². The first kappa shape index (κ1) is 11.9. The summed E-state index contributed by atoms with van der Waals surface area (Å²) in [6.07, 6.45) is 4.35. The van der Waals surface area contributed by atoms with Crippen LogP contribution >= 0.6 is 0 Å². The minimum absolute atomic E-state index is 0.459. The highest BCUT2D eigenvalue weighted by atomic mass is 16.5. The fourth-order valence-electron chi connectivity index (χ4n) is 3.01. The first-order valence-electron chi connectivity index (χ1n) is 6.58. The number of rotatable bonds is 3. The molecule has 0 saturated carbocycles. The lowest BCUT2D eigenvalue weighted by atomic mass is 9.87. The van der Waals surface area contributed by atoms with Gasteiger partial charge in [0.2, 0.25) is 5.95 Å². The molecule has 98 valence electrons. The smallest absolute Gasteiger partial charge is 0.225 e. The maximum atomic E-state index is 5.12. The summed E-state index contributed by atoms with van der Waals surface area (Å²) in [5, 5.41) is 3.47. The molecule has 2 aliphatic heterocycles. The maximum Gasteiger partial charge on any atom is 0.225 e. The van der Waals surface area contributed by atoms with Gasteiger partial charge in [-0.3, -0.25) is 0 Å². The third-order valence-corrected chi connectivity index (χ3v) is 4.05. The molecule has 5 heteroatoms. The first-order valence-corrected chi connectivity index (χ1v) is 6.58. The Hall–Kier alpha value is -1.20. The predicted octanol–water partition coefficient (Wildman–Crippen LogP) is 0.813. The number of hydrogen-bond acceptors (Lipinski definition) is 5. The van der Waals surface area contributed by atoms with Gasteiger partial charge in [0.15, 0.2) is 0 Å². The third-order valence-electron chi connectivity index (χ3n) is 4.05. The average Bonchev–Trinajstić information content (AvgIpc) is 3.01. The van der Waals surface area contributed by atoms with E-state index in [1.165, 1.54) is 12.8 Å². The van der Waals surface area contributed by atoms with E-state index in [1.54, 1.807) is 7.11 Å². The Kier molecular flexibility index (Phi) is 3.18. The fraction of sp³-hybridized carbons (Fsp3) is 0.692. The van der Waals surface area contributed by atoms with E-state index in [2.05, 4.69) is 20.2 Å². The van der Waals surface area contributed by atoms with Crippen molar-refractivity contribution >= 4 is 5.95 Å². The number of methoxy groups -OCH3 is 1. The highest BCUT2D eigenvalue weighted by Gasteiger charge is 2.41. The second kappa shape index (κ2) is 4.82. The number of nitrogens with zero attached hydrogens (tertiary/aromatic N) is 3. The molecule has 1 aromatic heterocycles. The Morgan fingerprint density at radius 2 is 2.44 bits per heavy atom. The lowest BCUT2D eigenvalue weighted by molar-refractivity contribution is 0.181. The van der Waals surface area contributed by atoms with Gasteiger partial charge < -0.3 is 15.0 Å². The van der Waals surface area contributed by atoms with Crippen LogP contribution in [0.25, 0.3) is 0 Å². The van der Waals surface area contributed by atoms with Crippen molar-refractivity contribution in [2.75, 3.05) is 38.2 Å². The van der Waals surface area contributed by atoms with E-state index in [9.17, 15) is 0 Å². The Balaban J connectivity index is 1.73. The lowest BCUT2D eigenvalue weighted by Gasteiger charge is -2.22. The summed E-state index contributed by atoms with van der Waals surface area (Å²) in [5.41, 5.74) is 1.41. The maximum absolute atomic E-state index is 5.12. The number of aromatic nitrogens is 2. The summed E-state index contributed by atoms with van der Waals surface area (Å²) in [6.45, 7) is 4.99. The van der Waals surface area contributed by atoms with Crippen molar-refractivity contribution in [2.45, 2.75) is 19.4 Å². The quantitative estimate of drug-likeness (QED) is 0.858. The van der Waals surface area contributed by atoms with Gasteiger partial charge in [-0.2, -0.15) is 0 Å². The van der Waals surface area contributed by atoms with Crippen molar-refractivity contribution in [3.05, 3.63) is 18.0 Å². The average molecular weight is 248 g/mol. The van der Waals surface area contributed by atoms with Crippen molar-refractivity contribution in [3.8, 4) is 0 Å². The standard InChI is InChI=1S/C13H20N4O/c1-18-8-11-2-5-15-12(16-11)17-7-4-13(10-17)3-6-14-9-13/h2,5,14H,3-4,6-10H2,1H3. The molecule has 1 aromatic rings. The Bertz CT molecular complexity index is 417. The van der Waals surface area contributed by atoms with Crippen molar-refractivity contribution in [1.82, 2.24) is 15.3 Å². The predicted molar refractivity (Wildman–Crippen MR) is 69.5 cm³/mol. The summed E-state index contributed by atoms with van der Waals surface area (Å²) in [5.74, 6) is 0.855. The molecule has 1 spiro atoms. The number of hydrogen-bond donors (Lipinski definition) is 1. The van der Waals surface area contributed by atoms with Gasteiger partial charge in [0.25, 0.3) is 0 Å². The molecule has 1 unspecified atom stereocenters. The molecule has 2 aliphatic rings. The second-order valence-electron chi connectivity index (χ2n) is 5.38. The van der Waals surface area contributed by atoms with E-state index in [0.29, 0.717) is 12.0 Å². The van der Waals surface area contributed by atoms with Crippen LogP contribution in [0.15, 0.2) is 12.3 Å². The molecule has 1 N–H and O–H groups in total. The zero-order valence-electron chi connectivity index (χ0n) is 10.9. The molecular weight excluding hydrogens is 228 g/mol. The van der Waals surface area contributed by atoms with Crippen LogP contribution in [0, 0.1) is 5.41 Å². The van der Waals surface area contributed by atoms with Gasteiger partial charge in [-0.1, -0.05) is 0 Å². The summed E-state index contributed by atoms with van der Waals surface area (Å²) in [4.78, 5) is 11.3. The highest BCUT2D eigenvalue weighted by molar-refractivity contribution is 5.33. The van der Waals surface area contributed by atoms with Crippen molar-refractivity contribution in [3.63, 3.8) is 0 Å². The molecule has 0 bridgehead atoms. The fourth-order valence-corrected chi connectivity index (χ4v) is 3.01. The second-order valence-corrected chi connectivity index (χ2v) is 5.38. The van der Waals surface area contributed by atoms with Crippen molar-refractivity contribution in [2.24, 2.45) is 5.41 Å². The molecule has 2 saturated heterocycles. The van der Waals surface area contributed by atoms with Crippen LogP contribution < -0.4 is 10.2 Å². The van der Waals surface area contributed by atoms with Gasteiger partial charge in [-0.15, -0.1) is 0 Å². The number of anilines is 1. The molecular formula is C13H20N4O. The van der Waals surface area contributed by atoms with Crippen LogP contribution in [0.5, 0.6) is 0 Å². The number of nitrogens with one attached hydrogen (secondary N) is 1. The Labute approximate surface area is 108 Å². The zero-order valence-corrected chi connectivity index (χ0v) is 10.9. The van der Waals surface area contributed by atoms with E-state index in [0.717, 1.165) is 37.8 Å². The molecule has 1 atom stereocenters. The molecule has 3 heterocycles. The topological polar surface area (TPSA) is 50.3 Å². The SMILES string of the molecule is COCc1ccnc(N2CCC3(CCNC3)C2)n1. The van der Waals surface area contributed by atoms with E-state index in [4.69, 9.17) is 4.74 Å². The minimum atomic E-state index is 0.459. The lowest BCUT2D eigenvalue weighted by Crippen LogP contribution is -2.30. The molecule has 5 nitrogen and oxygen atoms in total. The van der Waals surface area contributed by atoms with Gasteiger partial charge in [0.05, 0.1) is 12.3 Å². The third kappa shape index (κ3) is 2.20. The van der Waals surface area contributed by atoms with Gasteiger partial charge >= 0.3 is 0 Å². The molecule has 0 radical (unpaired) electrons. The summed E-state index contributed by atoms with van der Waals surface area (Å²) >= 11 is 0. The van der Waals surface area contributed by atoms with Crippen LogP contribution in [0.3, 0.4) is 0 Å². The van der Waals surface area contributed by atoms with E-state index in [-0.39, 0.29) is 0 Å². The van der Waals surface area contributed by atoms with E-state index in [1.807, 2.05) is 12.3 Å². The van der Waals surface area contributed by atoms with Crippen LogP contribution in [-0.4, -0.2) is 43.3 Å². The van der Waals surface area contributed by atoms with Crippen molar-refractivity contribution < 1.29 is 4.74 Å². The molecule has 0 aliphatic carbocycles. The normalized spacial score (nSPS) is 27.3. The van der Waals surface area contributed by atoms with Crippen molar-refractivity contribution in [1.29, 1.82) is 0 Å². The summed E-state index contributed by atoms with van der Waals surface area (Å²) in [7, 11) is 1.69. The Morgan fingerprint density at radius 3 is 3.22 bits per heavy atom. The molecule has 0 aromatic carbocycles. The largest absolute Gasteiger partial charge is 0.378 e. The van der Waals surface area contributed by atoms with Gasteiger partial charge in [-0.05, 0) is 25.5 Å². The number of ether oxygens (including phenoxy) is 1. The van der Waals surface area contributed by atoms with Crippen LogP contribution in [0.4, 0.5) is 5.95 Å². The molecule has 0 amide bonds. The van der Waals surface area contributed by atoms with E-state index >= 15 is 0 Å². The van der Waals surface area contributed by atoms with Gasteiger partial charge in [-0.25, -0.2) is 9.97 Å². The minimum Gasteiger partial charge on any atom is -0.378 e. The van der Waals surface area contributed by atoms with Crippen LogP contribution in [0.2, 0.25) is 0 Å². The Morgan fingerprint density at radius 1 is 1.50 bits per heavy atom. The van der Waals surface area contributed by atoms with E-state index < -0.39 is 0 Å². The van der Waals surface area contributed by atoms with Gasteiger partial charge in [0.1, 0.15) is 0 Å². The first-order chi connectivity index (χ1) is 8.81. The summed E-state index contributed by atoms with van der Waals surface area (Å²) in [6, 6.07) is 1.91. The van der Waals surface area contributed by atoms with Gasteiger partial charge in [0, 0.05) is 38.4 Å². The monoisotopic (exact) mass is 248 g/mol. The summed E-state index contributed by atoms with van der Waals surface area (Å²) < 4.78 is 5.12. The van der Waals surface area contributed by atoms with Crippen LogP contribution in [-0.2, 0) is 11.3 Å². The zero-order chi connectivity index (χ0) is 12.4. The highest BCUT2D eigenvalue weighted by Crippen LogP contribution is 2.37. The molecule has 2 fully saturated rings. The molecule has 18 heavy (non-hydrogen) atoms. The molecule has 3 rings (SSSR count).